The van der Waals surface area contributed by atoms with Crippen LogP contribution in [0.25, 0.3) is 0 Å². The summed E-state index contributed by atoms with van der Waals surface area (Å²) in [6, 6.07) is 3.77. The first-order chi connectivity index (χ1) is 12.1. The second-order valence-corrected chi connectivity index (χ2v) is 5.89. The molecule has 9 nitrogen and oxygen atoms in total. The first-order valence-corrected chi connectivity index (χ1v) is 8.20. The Morgan fingerprint density at radius 1 is 1.28 bits per heavy atom. The maximum absolute atomic E-state index is 12.5. The molecule has 0 unspecified atom stereocenters. The molecule has 1 N–H and O–H groups in total. The Balaban J connectivity index is 1.68. The summed E-state index contributed by atoms with van der Waals surface area (Å²) in [5, 5.41) is 6.90. The summed E-state index contributed by atoms with van der Waals surface area (Å²) >= 11 is 0. The predicted octanol–water partition coefficient (Wildman–Crippen LogP) is -0.309. The molecule has 0 bridgehead atoms. The van der Waals surface area contributed by atoms with Gasteiger partial charge in [0.1, 0.15) is 12.0 Å². The van der Waals surface area contributed by atoms with E-state index < -0.39 is 0 Å². The lowest BCUT2D eigenvalue weighted by Gasteiger charge is -2.18. The zero-order valence-corrected chi connectivity index (χ0v) is 14.4. The molecule has 0 saturated carbocycles. The Bertz CT molecular complexity index is 766. The number of methoxy groups -OCH3 is 1. The lowest BCUT2D eigenvalue weighted by molar-refractivity contribution is 0.0746. The van der Waals surface area contributed by atoms with Crippen LogP contribution < -0.4 is 5.32 Å². The number of hydrogen-bond acceptors (Lipinski definition) is 5. The van der Waals surface area contributed by atoms with Gasteiger partial charge in [-0.15, -0.1) is 5.10 Å². The number of carbonyl (C=O) groups excluding carboxylic acids is 2. The van der Waals surface area contributed by atoms with Gasteiger partial charge in [-0.25, -0.2) is 4.98 Å². The van der Waals surface area contributed by atoms with E-state index in [4.69, 9.17) is 4.74 Å². The highest BCUT2D eigenvalue weighted by Crippen LogP contribution is 2.15. The lowest BCUT2D eigenvalue weighted by Crippen LogP contribution is -2.35. The zero-order chi connectivity index (χ0) is 17.8. The predicted molar refractivity (Wildman–Crippen MR) is 89.3 cm³/mol. The summed E-state index contributed by atoms with van der Waals surface area (Å²) in [4.78, 5) is 30.6. The van der Waals surface area contributed by atoms with E-state index in [1.165, 1.54) is 11.0 Å². The molecule has 25 heavy (non-hydrogen) atoms. The number of nitrogens with zero attached hydrogens (tertiary/aromatic N) is 5. The second kappa shape index (κ2) is 7.47. The fraction of sp³-hybridized carbons (Fsp3) is 0.500. The molecule has 134 valence electrons. The van der Waals surface area contributed by atoms with Crippen molar-refractivity contribution in [1.29, 1.82) is 0 Å². The van der Waals surface area contributed by atoms with Gasteiger partial charge in [0.05, 0.1) is 6.61 Å². The molecule has 0 atom stereocenters. The van der Waals surface area contributed by atoms with Crippen molar-refractivity contribution in [2.75, 3.05) is 33.4 Å². The van der Waals surface area contributed by atoms with Gasteiger partial charge in [-0.3, -0.25) is 14.3 Å². The number of rotatable bonds is 5. The van der Waals surface area contributed by atoms with Crippen molar-refractivity contribution in [3.8, 4) is 0 Å². The Hall–Kier alpha value is -2.68. The van der Waals surface area contributed by atoms with Crippen LogP contribution in [-0.2, 0) is 24.8 Å². The number of fused-ring (bicyclic) bond motifs is 1. The highest BCUT2D eigenvalue weighted by molar-refractivity contribution is 5.93. The number of ether oxygens (including phenoxy) is 1. The molecule has 2 aromatic rings. The molecule has 0 aliphatic carbocycles. The first-order valence-electron chi connectivity index (χ1n) is 8.20. The van der Waals surface area contributed by atoms with Crippen LogP contribution in [0.15, 0.2) is 18.5 Å². The molecule has 0 fully saturated rings. The van der Waals surface area contributed by atoms with Crippen molar-refractivity contribution in [1.82, 2.24) is 29.5 Å². The van der Waals surface area contributed by atoms with E-state index in [0.29, 0.717) is 44.9 Å². The van der Waals surface area contributed by atoms with E-state index in [1.807, 2.05) is 16.7 Å². The van der Waals surface area contributed by atoms with Gasteiger partial charge >= 0.3 is 0 Å². The summed E-state index contributed by atoms with van der Waals surface area (Å²) in [5.74, 6) is -0.112. The van der Waals surface area contributed by atoms with Crippen molar-refractivity contribution < 1.29 is 14.3 Å². The third-order valence-electron chi connectivity index (χ3n) is 4.20. The second-order valence-electron chi connectivity index (χ2n) is 5.89. The summed E-state index contributed by atoms with van der Waals surface area (Å²) in [7, 11) is 3.32. The van der Waals surface area contributed by atoms with Crippen molar-refractivity contribution in [2.45, 2.75) is 13.0 Å². The SMILES string of the molecule is COCCNC(=O)c1ccc2n1CCN(C(=O)c1ncn(C)n1)CC2. The number of carbonyl (C=O) groups is 2. The molecule has 1 aliphatic rings. The van der Waals surface area contributed by atoms with Gasteiger partial charge in [0, 0.05) is 52.5 Å². The minimum absolute atomic E-state index is 0.130. The van der Waals surface area contributed by atoms with Crippen LogP contribution in [0.4, 0.5) is 0 Å². The van der Waals surface area contributed by atoms with Gasteiger partial charge < -0.3 is 19.5 Å². The lowest BCUT2D eigenvalue weighted by atomic mass is 10.3. The van der Waals surface area contributed by atoms with Crippen LogP contribution in [0.1, 0.15) is 26.8 Å². The van der Waals surface area contributed by atoms with Crippen molar-refractivity contribution in [3.05, 3.63) is 35.7 Å². The molecule has 2 aromatic heterocycles. The van der Waals surface area contributed by atoms with Crippen LogP contribution >= 0.6 is 0 Å². The fourth-order valence-corrected chi connectivity index (χ4v) is 2.91. The molecule has 0 aromatic carbocycles. The molecule has 0 saturated heterocycles. The summed E-state index contributed by atoms with van der Waals surface area (Å²) in [6.07, 6.45) is 2.20. The quantitative estimate of drug-likeness (QED) is 0.750. The van der Waals surface area contributed by atoms with Crippen LogP contribution in [0, 0.1) is 0 Å². The van der Waals surface area contributed by atoms with Gasteiger partial charge in [-0.1, -0.05) is 0 Å². The average molecular weight is 346 g/mol. The largest absolute Gasteiger partial charge is 0.383 e. The number of aryl methyl sites for hydroxylation is 1. The van der Waals surface area contributed by atoms with E-state index in [0.717, 1.165) is 5.69 Å². The normalized spacial score (nSPS) is 14.1. The number of aromatic nitrogens is 4. The molecular weight excluding hydrogens is 324 g/mol. The maximum Gasteiger partial charge on any atom is 0.293 e. The Kier molecular flexibility index (Phi) is 5.13. The summed E-state index contributed by atoms with van der Waals surface area (Å²) < 4.78 is 8.43. The molecule has 0 spiro atoms. The minimum atomic E-state index is -0.183. The average Bonchev–Trinajstić information content (AvgIpc) is 3.15. The molecule has 2 amide bonds. The number of amides is 2. The van der Waals surface area contributed by atoms with Gasteiger partial charge in [0.15, 0.2) is 0 Å². The van der Waals surface area contributed by atoms with Gasteiger partial charge in [0.2, 0.25) is 5.82 Å². The van der Waals surface area contributed by atoms with Crippen LogP contribution in [-0.4, -0.2) is 69.4 Å². The van der Waals surface area contributed by atoms with Gasteiger partial charge in [-0.05, 0) is 12.1 Å². The smallest absolute Gasteiger partial charge is 0.293 e. The van der Waals surface area contributed by atoms with Crippen LogP contribution in [0.2, 0.25) is 0 Å². The Labute approximate surface area is 145 Å². The van der Waals surface area contributed by atoms with E-state index in [1.54, 1.807) is 19.1 Å². The number of nitrogens with one attached hydrogen (secondary N) is 1. The van der Waals surface area contributed by atoms with Crippen molar-refractivity contribution in [2.24, 2.45) is 7.05 Å². The van der Waals surface area contributed by atoms with Crippen LogP contribution in [0.5, 0.6) is 0 Å². The topological polar surface area (TPSA) is 94.3 Å². The van der Waals surface area contributed by atoms with E-state index >= 15 is 0 Å². The highest BCUT2D eigenvalue weighted by atomic mass is 16.5. The minimum Gasteiger partial charge on any atom is -0.383 e. The van der Waals surface area contributed by atoms with Crippen molar-refractivity contribution >= 4 is 11.8 Å². The standard InChI is InChI=1S/C16H22N6O3/c1-20-11-18-14(19-20)16(24)21-7-5-12-3-4-13(22(12)9-8-21)15(23)17-6-10-25-2/h3-4,11H,5-10H2,1-2H3,(H,17,23). The van der Waals surface area contributed by atoms with Gasteiger partial charge in [-0.2, -0.15) is 0 Å². The highest BCUT2D eigenvalue weighted by Gasteiger charge is 2.24. The third-order valence-corrected chi connectivity index (χ3v) is 4.20. The molecule has 3 heterocycles. The molecule has 9 heteroatoms. The molecule has 1 aliphatic heterocycles. The number of hydrogen-bond donors (Lipinski definition) is 1. The van der Waals surface area contributed by atoms with Crippen LogP contribution in [0.3, 0.4) is 0 Å². The monoisotopic (exact) mass is 346 g/mol. The maximum atomic E-state index is 12.5. The Morgan fingerprint density at radius 3 is 2.84 bits per heavy atom. The zero-order valence-electron chi connectivity index (χ0n) is 14.4. The summed E-state index contributed by atoms with van der Waals surface area (Å²) in [5.41, 5.74) is 1.65. The van der Waals surface area contributed by atoms with E-state index in [2.05, 4.69) is 15.4 Å². The third kappa shape index (κ3) is 3.71. The molecule has 0 radical (unpaired) electrons. The fourth-order valence-electron chi connectivity index (χ4n) is 2.91. The van der Waals surface area contributed by atoms with Gasteiger partial charge in [0.25, 0.3) is 11.8 Å². The van der Waals surface area contributed by atoms with E-state index in [-0.39, 0.29) is 17.6 Å². The first kappa shape index (κ1) is 17.2. The van der Waals surface area contributed by atoms with E-state index in [9.17, 15) is 9.59 Å². The molecular formula is C16H22N6O3. The van der Waals surface area contributed by atoms with Crippen molar-refractivity contribution in [3.63, 3.8) is 0 Å². The molecule has 3 rings (SSSR count). The summed E-state index contributed by atoms with van der Waals surface area (Å²) in [6.45, 7) is 2.58. The Morgan fingerprint density at radius 2 is 2.12 bits per heavy atom.